The van der Waals surface area contributed by atoms with Crippen molar-refractivity contribution in [1.82, 2.24) is 10.2 Å². The maximum Gasteiger partial charge on any atom is 0.410 e. The van der Waals surface area contributed by atoms with Gasteiger partial charge in [0.1, 0.15) is 5.60 Å². The van der Waals surface area contributed by atoms with Crippen LogP contribution in [0.2, 0.25) is 0 Å². The molecular weight excluding hydrogens is 352 g/mol. The molecule has 28 heavy (non-hydrogen) atoms. The summed E-state index contributed by atoms with van der Waals surface area (Å²) < 4.78 is 5.58. The van der Waals surface area contributed by atoms with Gasteiger partial charge in [0.05, 0.1) is 0 Å². The Bertz CT molecular complexity index is 514. The van der Waals surface area contributed by atoms with Crippen molar-refractivity contribution in [3.05, 3.63) is 35.9 Å². The topological polar surface area (TPSA) is 61.8 Å². The molecule has 2 N–H and O–H groups in total. The summed E-state index contributed by atoms with van der Waals surface area (Å²) in [6.45, 7) is 9.39. The normalized spacial score (nSPS) is 11.4. The van der Waals surface area contributed by atoms with Crippen LogP contribution in [0.15, 0.2) is 30.3 Å². The lowest BCUT2D eigenvalue weighted by atomic mass is 10.1. The summed E-state index contributed by atoms with van der Waals surface area (Å²) in [4.78, 5) is 14.4. The average Bonchev–Trinajstić information content (AvgIpc) is 2.64. The third-order valence-corrected chi connectivity index (χ3v) is 4.41. The lowest BCUT2D eigenvalue weighted by Crippen LogP contribution is -2.37. The first-order valence-corrected chi connectivity index (χ1v) is 10.8. The fraction of sp³-hybridized carbons (Fsp3) is 0.696. The zero-order chi connectivity index (χ0) is 20.7. The second-order valence-corrected chi connectivity index (χ2v) is 8.34. The van der Waals surface area contributed by atoms with E-state index >= 15 is 0 Å². The Labute approximate surface area is 171 Å². The Morgan fingerprint density at radius 2 is 1.57 bits per heavy atom. The largest absolute Gasteiger partial charge is 0.444 e. The third kappa shape index (κ3) is 12.7. The van der Waals surface area contributed by atoms with Gasteiger partial charge in [-0.25, -0.2) is 4.79 Å². The standard InChI is InChI=1S/C23H40N2O3/c1-23(2,3)28-22(27)25(20-21-14-8-6-9-15-21)18-12-5-4-10-16-24-17-11-7-13-19-26/h6,8-9,14-15,24,26H,4-5,7,10-13,16-20H2,1-3H3. The first kappa shape index (κ1) is 24.4. The van der Waals surface area contributed by atoms with Gasteiger partial charge in [0.25, 0.3) is 0 Å². The molecule has 0 saturated carbocycles. The number of aliphatic hydroxyl groups excluding tert-OH is 1. The summed E-state index contributed by atoms with van der Waals surface area (Å²) in [5.74, 6) is 0. The number of carbonyl (C=O) groups excluding carboxylic acids is 1. The number of hydrogen-bond donors (Lipinski definition) is 2. The molecule has 0 aliphatic heterocycles. The molecule has 0 aliphatic carbocycles. The lowest BCUT2D eigenvalue weighted by molar-refractivity contribution is 0.0230. The van der Waals surface area contributed by atoms with Gasteiger partial charge in [-0.1, -0.05) is 43.2 Å². The molecule has 1 aromatic rings. The lowest BCUT2D eigenvalue weighted by Gasteiger charge is -2.27. The number of benzene rings is 1. The monoisotopic (exact) mass is 392 g/mol. The van der Waals surface area contributed by atoms with Crippen molar-refractivity contribution in [2.45, 2.75) is 77.9 Å². The molecule has 0 aromatic heterocycles. The van der Waals surface area contributed by atoms with Gasteiger partial charge in [-0.15, -0.1) is 0 Å². The Balaban J connectivity index is 2.26. The predicted molar refractivity (Wildman–Crippen MR) is 115 cm³/mol. The van der Waals surface area contributed by atoms with Crippen molar-refractivity contribution in [2.75, 3.05) is 26.2 Å². The number of nitrogens with one attached hydrogen (secondary N) is 1. The smallest absolute Gasteiger partial charge is 0.410 e. The van der Waals surface area contributed by atoms with Crippen molar-refractivity contribution in [2.24, 2.45) is 0 Å². The zero-order valence-corrected chi connectivity index (χ0v) is 18.1. The van der Waals surface area contributed by atoms with Crippen LogP contribution in [0.5, 0.6) is 0 Å². The number of ether oxygens (including phenoxy) is 1. The molecule has 0 heterocycles. The van der Waals surface area contributed by atoms with Crippen molar-refractivity contribution in [3.63, 3.8) is 0 Å². The highest BCUT2D eigenvalue weighted by atomic mass is 16.6. The van der Waals surface area contributed by atoms with Crippen LogP contribution in [-0.4, -0.2) is 47.9 Å². The molecule has 1 aromatic carbocycles. The van der Waals surface area contributed by atoms with E-state index in [0.717, 1.165) is 70.1 Å². The van der Waals surface area contributed by atoms with Gasteiger partial charge in [0.2, 0.25) is 0 Å². The summed E-state index contributed by atoms with van der Waals surface area (Å²) in [6.07, 6.45) is 7.31. The van der Waals surface area contributed by atoms with E-state index in [0.29, 0.717) is 13.2 Å². The van der Waals surface area contributed by atoms with Gasteiger partial charge in [-0.2, -0.15) is 0 Å². The minimum absolute atomic E-state index is 0.235. The first-order chi connectivity index (χ1) is 13.4. The second-order valence-electron chi connectivity index (χ2n) is 8.34. The number of carbonyl (C=O) groups is 1. The molecule has 5 heteroatoms. The van der Waals surface area contributed by atoms with Crippen LogP contribution < -0.4 is 5.32 Å². The van der Waals surface area contributed by atoms with Crippen molar-refractivity contribution >= 4 is 6.09 Å². The van der Waals surface area contributed by atoms with Gasteiger partial charge < -0.3 is 20.1 Å². The number of rotatable bonds is 14. The van der Waals surface area contributed by atoms with Gasteiger partial charge in [0, 0.05) is 19.7 Å². The zero-order valence-electron chi connectivity index (χ0n) is 18.1. The van der Waals surface area contributed by atoms with E-state index in [-0.39, 0.29) is 6.09 Å². The Hall–Kier alpha value is -1.59. The molecule has 0 saturated heterocycles. The summed E-state index contributed by atoms with van der Waals surface area (Å²) in [5.41, 5.74) is 0.647. The summed E-state index contributed by atoms with van der Waals surface area (Å²) in [6, 6.07) is 10.1. The number of hydrogen-bond acceptors (Lipinski definition) is 4. The molecular formula is C23H40N2O3. The first-order valence-electron chi connectivity index (χ1n) is 10.8. The molecule has 0 atom stereocenters. The van der Waals surface area contributed by atoms with Crippen LogP contribution in [0.4, 0.5) is 4.79 Å². The predicted octanol–water partition coefficient (Wildman–Crippen LogP) is 4.74. The molecule has 1 amide bonds. The fourth-order valence-corrected chi connectivity index (χ4v) is 2.93. The molecule has 0 bridgehead atoms. The number of unbranched alkanes of at least 4 members (excludes halogenated alkanes) is 5. The van der Waals surface area contributed by atoms with Crippen LogP contribution in [0, 0.1) is 0 Å². The van der Waals surface area contributed by atoms with Crippen LogP contribution in [-0.2, 0) is 11.3 Å². The van der Waals surface area contributed by atoms with Crippen LogP contribution >= 0.6 is 0 Å². The third-order valence-electron chi connectivity index (χ3n) is 4.41. The Morgan fingerprint density at radius 3 is 2.18 bits per heavy atom. The highest BCUT2D eigenvalue weighted by molar-refractivity contribution is 5.68. The maximum atomic E-state index is 12.6. The number of aliphatic hydroxyl groups is 1. The minimum Gasteiger partial charge on any atom is -0.444 e. The van der Waals surface area contributed by atoms with Crippen molar-refractivity contribution < 1.29 is 14.6 Å². The summed E-state index contributed by atoms with van der Waals surface area (Å²) >= 11 is 0. The van der Waals surface area contributed by atoms with Gasteiger partial charge in [-0.05, 0) is 71.5 Å². The molecule has 0 spiro atoms. The van der Waals surface area contributed by atoms with Crippen molar-refractivity contribution in [3.8, 4) is 0 Å². The molecule has 5 nitrogen and oxygen atoms in total. The van der Waals surface area contributed by atoms with E-state index in [1.807, 2.05) is 56.0 Å². The van der Waals surface area contributed by atoms with E-state index in [2.05, 4.69) is 5.32 Å². The van der Waals surface area contributed by atoms with E-state index in [1.54, 1.807) is 0 Å². The molecule has 1 rings (SSSR count). The molecule has 0 unspecified atom stereocenters. The van der Waals surface area contributed by atoms with Gasteiger partial charge >= 0.3 is 6.09 Å². The highest BCUT2D eigenvalue weighted by Gasteiger charge is 2.21. The van der Waals surface area contributed by atoms with Crippen LogP contribution in [0.25, 0.3) is 0 Å². The summed E-state index contributed by atoms with van der Waals surface area (Å²) in [5, 5.41) is 12.2. The van der Waals surface area contributed by atoms with E-state index < -0.39 is 5.60 Å². The molecule has 160 valence electrons. The fourth-order valence-electron chi connectivity index (χ4n) is 2.93. The average molecular weight is 393 g/mol. The number of amides is 1. The quantitative estimate of drug-likeness (QED) is 0.449. The minimum atomic E-state index is -0.477. The highest BCUT2D eigenvalue weighted by Crippen LogP contribution is 2.14. The number of nitrogens with zero attached hydrogens (tertiary/aromatic N) is 1. The van der Waals surface area contributed by atoms with E-state index in [1.165, 1.54) is 0 Å². The second kappa shape index (κ2) is 14.4. The van der Waals surface area contributed by atoms with Crippen molar-refractivity contribution in [1.29, 1.82) is 0 Å². The van der Waals surface area contributed by atoms with Gasteiger partial charge in [0.15, 0.2) is 0 Å². The summed E-state index contributed by atoms with van der Waals surface area (Å²) in [7, 11) is 0. The van der Waals surface area contributed by atoms with E-state index in [9.17, 15) is 4.79 Å². The van der Waals surface area contributed by atoms with Crippen LogP contribution in [0.1, 0.15) is 71.3 Å². The Kier molecular flexibility index (Phi) is 12.6. The van der Waals surface area contributed by atoms with Gasteiger partial charge in [-0.3, -0.25) is 0 Å². The van der Waals surface area contributed by atoms with E-state index in [4.69, 9.17) is 9.84 Å². The molecule has 0 radical (unpaired) electrons. The van der Waals surface area contributed by atoms with Crippen LogP contribution in [0.3, 0.4) is 0 Å². The molecule has 0 aliphatic rings. The Morgan fingerprint density at radius 1 is 0.964 bits per heavy atom. The SMILES string of the molecule is CC(C)(C)OC(=O)N(CCCCCCNCCCCCO)Cc1ccccc1. The molecule has 0 fully saturated rings. The maximum absolute atomic E-state index is 12.6.